The van der Waals surface area contributed by atoms with E-state index in [1.165, 1.54) is 6.20 Å². The predicted octanol–water partition coefficient (Wildman–Crippen LogP) is 2.01. The largest absolute Gasteiger partial charge is 0.393 e. The van der Waals surface area contributed by atoms with E-state index in [2.05, 4.69) is 20.6 Å². The standard InChI is InChI=1S/C13H21FN4O/c1-2-5-15-13-17-8-11(14)12(18-13)16-7-9-3-4-10(19)6-9/h8-10,19H,2-7H2,1H3,(H2,15,16,17,18). The lowest BCUT2D eigenvalue weighted by molar-refractivity contribution is 0.178. The van der Waals surface area contributed by atoms with Crippen molar-refractivity contribution in [3.05, 3.63) is 12.0 Å². The van der Waals surface area contributed by atoms with Gasteiger partial charge in [0.1, 0.15) is 0 Å². The third-order valence-corrected chi connectivity index (χ3v) is 3.35. The van der Waals surface area contributed by atoms with Gasteiger partial charge in [-0.15, -0.1) is 0 Å². The van der Waals surface area contributed by atoms with E-state index in [1.54, 1.807) is 0 Å². The molecule has 1 aliphatic rings. The van der Waals surface area contributed by atoms with Crippen LogP contribution >= 0.6 is 0 Å². The minimum Gasteiger partial charge on any atom is -0.393 e. The second kappa shape index (κ2) is 6.65. The molecule has 0 bridgehead atoms. The molecule has 2 rings (SSSR count). The molecule has 1 aromatic heterocycles. The Kier molecular flexibility index (Phi) is 4.90. The molecule has 0 saturated heterocycles. The first-order valence-corrected chi connectivity index (χ1v) is 6.87. The van der Waals surface area contributed by atoms with Crippen molar-refractivity contribution in [3.8, 4) is 0 Å². The van der Waals surface area contributed by atoms with E-state index in [4.69, 9.17) is 0 Å². The van der Waals surface area contributed by atoms with E-state index >= 15 is 0 Å². The minimum absolute atomic E-state index is 0.205. The van der Waals surface area contributed by atoms with Crippen molar-refractivity contribution in [3.63, 3.8) is 0 Å². The molecule has 1 fully saturated rings. The van der Waals surface area contributed by atoms with Crippen LogP contribution in [0, 0.1) is 11.7 Å². The second-order valence-corrected chi connectivity index (χ2v) is 5.03. The number of rotatable bonds is 6. The number of hydrogen-bond acceptors (Lipinski definition) is 5. The van der Waals surface area contributed by atoms with Gasteiger partial charge in [-0.05, 0) is 31.6 Å². The van der Waals surface area contributed by atoms with Gasteiger partial charge in [0.25, 0.3) is 0 Å². The molecule has 1 saturated carbocycles. The van der Waals surface area contributed by atoms with E-state index in [-0.39, 0.29) is 11.9 Å². The number of aromatic nitrogens is 2. The summed E-state index contributed by atoms with van der Waals surface area (Å²) in [5.74, 6) is 0.615. The SMILES string of the molecule is CCCNc1ncc(F)c(NCC2CCC(O)C2)n1. The fourth-order valence-corrected chi connectivity index (χ4v) is 2.29. The summed E-state index contributed by atoms with van der Waals surface area (Å²) in [4.78, 5) is 8.01. The number of nitrogens with one attached hydrogen (secondary N) is 2. The Morgan fingerprint density at radius 1 is 1.42 bits per heavy atom. The first-order valence-electron chi connectivity index (χ1n) is 6.87. The molecule has 1 aromatic rings. The van der Waals surface area contributed by atoms with Crippen LogP contribution in [0.3, 0.4) is 0 Å². The van der Waals surface area contributed by atoms with Crippen molar-refractivity contribution < 1.29 is 9.50 Å². The van der Waals surface area contributed by atoms with Crippen LogP contribution in [0.25, 0.3) is 0 Å². The van der Waals surface area contributed by atoms with E-state index in [0.717, 1.165) is 32.2 Å². The molecule has 106 valence electrons. The van der Waals surface area contributed by atoms with Crippen LogP contribution in [0.1, 0.15) is 32.6 Å². The molecule has 2 atom stereocenters. The molecule has 1 heterocycles. The van der Waals surface area contributed by atoms with Gasteiger partial charge in [-0.25, -0.2) is 9.37 Å². The van der Waals surface area contributed by atoms with Crippen LogP contribution in [0.4, 0.5) is 16.2 Å². The van der Waals surface area contributed by atoms with Crippen molar-refractivity contribution in [1.29, 1.82) is 0 Å². The Hall–Kier alpha value is -1.43. The number of aliphatic hydroxyl groups excluding tert-OH is 1. The summed E-state index contributed by atoms with van der Waals surface area (Å²) in [6.07, 6.45) is 4.52. The van der Waals surface area contributed by atoms with Gasteiger partial charge in [0.2, 0.25) is 5.95 Å². The van der Waals surface area contributed by atoms with E-state index in [0.29, 0.717) is 18.4 Å². The Bertz CT molecular complexity index is 416. The quantitative estimate of drug-likeness (QED) is 0.736. The molecule has 3 N–H and O–H groups in total. The number of halogens is 1. The molecule has 1 aliphatic carbocycles. The van der Waals surface area contributed by atoms with E-state index in [9.17, 15) is 9.50 Å². The third kappa shape index (κ3) is 4.02. The average Bonchev–Trinajstić information content (AvgIpc) is 2.82. The zero-order valence-corrected chi connectivity index (χ0v) is 11.2. The maximum absolute atomic E-state index is 13.6. The van der Waals surface area contributed by atoms with Crippen molar-refractivity contribution >= 4 is 11.8 Å². The first-order chi connectivity index (χ1) is 9.19. The van der Waals surface area contributed by atoms with Crippen LogP contribution in [0.5, 0.6) is 0 Å². The number of nitrogens with zero attached hydrogens (tertiary/aromatic N) is 2. The lowest BCUT2D eigenvalue weighted by Gasteiger charge is -2.12. The Morgan fingerprint density at radius 3 is 2.95 bits per heavy atom. The van der Waals surface area contributed by atoms with Gasteiger partial charge in [-0.1, -0.05) is 6.92 Å². The molecule has 0 amide bonds. The Balaban J connectivity index is 1.91. The molecule has 0 aromatic carbocycles. The topological polar surface area (TPSA) is 70.1 Å². The van der Waals surface area contributed by atoms with Gasteiger partial charge in [-0.3, -0.25) is 0 Å². The Morgan fingerprint density at radius 2 is 2.26 bits per heavy atom. The van der Waals surface area contributed by atoms with Crippen LogP contribution in [-0.2, 0) is 0 Å². The zero-order valence-electron chi connectivity index (χ0n) is 11.2. The molecule has 0 aliphatic heterocycles. The fraction of sp³-hybridized carbons (Fsp3) is 0.692. The second-order valence-electron chi connectivity index (χ2n) is 5.03. The van der Waals surface area contributed by atoms with Gasteiger partial charge < -0.3 is 15.7 Å². The number of hydrogen-bond donors (Lipinski definition) is 3. The van der Waals surface area contributed by atoms with Crippen molar-refractivity contribution in [2.24, 2.45) is 5.92 Å². The molecule has 19 heavy (non-hydrogen) atoms. The third-order valence-electron chi connectivity index (χ3n) is 3.35. The maximum atomic E-state index is 13.6. The van der Waals surface area contributed by atoms with Gasteiger partial charge >= 0.3 is 0 Å². The predicted molar refractivity (Wildman–Crippen MR) is 72.6 cm³/mol. The van der Waals surface area contributed by atoms with Crippen molar-refractivity contribution in [2.75, 3.05) is 23.7 Å². The van der Waals surface area contributed by atoms with Gasteiger partial charge in [0.15, 0.2) is 11.6 Å². The van der Waals surface area contributed by atoms with Crippen molar-refractivity contribution in [2.45, 2.75) is 38.7 Å². The van der Waals surface area contributed by atoms with E-state index < -0.39 is 5.82 Å². The number of aliphatic hydroxyl groups is 1. The van der Waals surface area contributed by atoms with Crippen LogP contribution in [0.15, 0.2) is 6.20 Å². The summed E-state index contributed by atoms with van der Waals surface area (Å²) in [6.45, 7) is 3.44. The van der Waals surface area contributed by atoms with Crippen LogP contribution in [0.2, 0.25) is 0 Å². The summed E-state index contributed by atoms with van der Waals surface area (Å²) in [6, 6.07) is 0. The molecular weight excluding hydrogens is 247 g/mol. The summed E-state index contributed by atoms with van der Waals surface area (Å²) >= 11 is 0. The van der Waals surface area contributed by atoms with Crippen LogP contribution in [-0.4, -0.2) is 34.3 Å². The maximum Gasteiger partial charge on any atom is 0.224 e. The zero-order chi connectivity index (χ0) is 13.7. The summed E-state index contributed by atoms with van der Waals surface area (Å²) in [5.41, 5.74) is 0. The monoisotopic (exact) mass is 268 g/mol. The Labute approximate surface area is 112 Å². The van der Waals surface area contributed by atoms with Crippen molar-refractivity contribution in [1.82, 2.24) is 9.97 Å². The lowest BCUT2D eigenvalue weighted by Crippen LogP contribution is -2.15. The minimum atomic E-state index is -0.444. The number of anilines is 2. The normalized spacial score (nSPS) is 22.5. The van der Waals surface area contributed by atoms with Gasteiger partial charge in [-0.2, -0.15) is 4.98 Å². The highest BCUT2D eigenvalue weighted by Gasteiger charge is 2.22. The highest BCUT2D eigenvalue weighted by atomic mass is 19.1. The fourth-order valence-electron chi connectivity index (χ4n) is 2.29. The molecule has 2 unspecified atom stereocenters. The van der Waals surface area contributed by atoms with Gasteiger partial charge in [0, 0.05) is 13.1 Å². The molecule has 0 spiro atoms. The van der Waals surface area contributed by atoms with E-state index in [1.807, 2.05) is 6.92 Å². The summed E-state index contributed by atoms with van der Waals surface area (Å²) in [5, 5.41) is 15.5. The molecule has 5 nitrogen and oxygen atoms in total. The summed E-state index contributed by atoms with van der Waals surface area (Å²) < 4.78 is 13.6. The lowest BCUT2D eigenvalue weighted by atomic mass is 10.1. The molecule has 0 radical (unpaired) electrons. The first kappa shape index (κ1) is 14.0. The van der Waals surface area contributed by atoms with Gasteiger partial charge in [0.05, 0.1) is 12.3 Å². The molecular formula is C13H21FN4O. The highest BCUT2D eigenvalue weighted by molar-refractivity contribution is 5.41. The average molecular weight is 268 g/mol. The smallest absolute Gasteiger partial charge is 0.224 e. The molecule has 6 heteroatoms. The van der Waals surface area contributed by atoms with Crippen LogP contribution < -0.4 is 10.6 Å². The summed E-state index contributed by atoms with van der Waals surface area (Å²) in [7, 11) is 0. The highest BCUT2D eigenvalue weighted by Crippen LogP contribution is 2.25.